The lowest BCUT2D eigenvalue weighted by Crippen LogP contribution is -2.47. The summed E-state index contributed by atoms with van der Waals surface area (Å²) in [5, 5.41) is 11.1. The zero-order valence-electron chi connectivity index (χ0n) is 24.2. The number of piperazine rings is 1. The number of benzene rings is 2. The summed E-state index contributed by atoms with van der Waals surface area (Å²) < 4.78 is 25.9. The fourth-order valence-electron chi connectivity index (χ4n) is 5.42. The van der Waals surface area contributed by atoms with Crippen LogP contribution in [0.25, 0.3) is 33.4 Å². The topological polar surface area (TPSA) is 78.7 Å². The molecule has 0 unspecified atom stereocenters. The fourth-order valence-corrected chi connectivity index (χ4v) is 6.06. The van der Waals surface area contributed by atoms with Crippen molar-refractivity contribution >= 4 is 20.7 Å². The molecule has 2 aromatic heterocycles. The monoisotopic (exact) mass is 560 g/mol. The zero-order chi connectivity index (χ0) is 28.7. The van der Waals surface area contributed by atoms with Gasteiger partial charge in [-0.25, -0.2) is 8.42 Å². The molecule has 212 valence electrons. The first-order valence-corrected chi connectivity index (χ1v) is 15.8. The van der Waals surface area contributed by atoms with Crippen LogP contribution in [-0.2, 0) is 23.4 Å². The molecule has 0 amide bonds. The molecule has 4 aromatic rings. The van der Waals surface area contributed by atoms with Crippen LogP contribution in [0.2, 0.25) is 0 Å². The van der Waals surface area contributed by atoms with Crippen molar-refractivity contribution in [3.8, 4) is 22.5 Å². The Kier molecular flexibility index (Phi) is 7.90. The Balaban J connectivity index is 1.29. The van der Waals surface area contributed by atoms with Gasteiger partial charge in [0, 0.05) is 74.9 Å². The number of nitrogens with zero attached hydrogens (tertiary/aromatic N) is 4. The molecule has 0 aliphatic carbocycles. The Labute approximate surface area is 238 Å². The third-order valence-corrected chi connectivity index (χ3v) is 9.10. The molecule has 0 saturated carbocycles. The molecule has 5 rings (SSSR count). The van der Waals surface area contributed by atoms with Crippen molar-refractivity contribution in [3.63, 3.8) is 0 Å². The maximum Gasteiger partial charge on any atom is 0.175 e. The summed E-state index contributed by atoms with van der Waals surface area (Å²) in [6, 6.07) is 20.1. The molecule has 1 aliphatic heterocycles. The van der Waals surface area contributed by atoms with Gasteiger partial charge in [0.1, 0.15) is 0 Å². The van der Waals surface area contributed by atoms with E-state index in [1.807, 2.05) is 40.0 Å². The second kappa shape index (κ2) is 11.1. The molecule has 1 aliphatic rings. The normalized spacial score (nSPS) is 15.7. The summed E-state index contributed by atoms with van der Waals surface area (Å²) >= 11 is 0. The second-order valence-corrected chi connectivity index (χ2v) is 13.8. The SMILES string of the molecule is Cc1nc(-c2ccc(CN3CCN(CCC(C)(C)O)CC3)cc2)cc2c1cc(-c1ccc(S(C)(=O)=O)cc1)n2C. The first kappa shape index (κ1) is 28.5. The number of rotatable bonds is 8. The summed E-state index contributed by atoms with van der Waals surface area (Å²) in [4.78, 5) is 10.2. The number of pyridine rings is 1. The Hall–Kier alpha value is -3.04. The van der Waals surface area contributed by atoms with Crippen molar-refractivity contribution in [2.75, 3.05) is 39.0 Å². The minimum absolute atomic E-state index is 0.322. The number of sulfone groups is 1. The van der Waals surface area contributed by atoms with Gasteiger partial charge in [-0.15, -0.1) is 0 Å². The smallest absolute Gasteiger partial charge is 0.175 e. The van der Waals surface area contributed by atoms with Crippen molar-refractivity contribution in [3.05, 3.63) is 71.9 Å². The number of aromatic nitrogens is 2. The Morgan fingerprint density at radius 1 is 0.900 bits per heavy atom. The van der Waals surface area contributed by atoms with Crippen molar-refractivity contribution in [1.29, 1.82) is 0 Å². The summed E-state index contributed by atoms with van der Waals surface area (Å²) in [6.07, 6.45) is 2.03. The van der Waals surface area contributed by atoms with Crippen molar-refractivity contribution < 1.29 is 13.5 Å². The second-order valence-electron chi connectivity index (χ2n) is 11.8. The molecule has 2 aromatic carbocycles. The number of fused-ring (bicyclic) bond motifs is 1. The minimum atomic E-state index is -3.23. The predicted molar refractivity (Wildman–Crippen MR) is 162 cm³/mol. The predicted octanol–water partition coefficient (Wildman–Crippen LogP) is 4.90. The summed E-state index contributed by atoms with van der Waals surface area (Å²) in [6.45, 7) is 11.8. The van der Waals surface area contributed by atoms with Gasteiger partial charge in [-0.05, 0) is 62.6 Å². The molecule has 3 heterocycles. The average Bonchev–Trinajstić information content (AvgIpc) is 3.25. The molecule has 1 fully saturated rings. The lowest BCUT2D eigenvalue weighted by atomic mass is 10.0. The van der Waals surface area contributed by atoms with Crippen LogP contribution in [0.5, 0.6) is 0 Å². The Morgan fingerprint density at radius 3 is 2.10 bits per heavy atom. The number of hydrogen-bond donors (Lipinski definition) is 1. The van der Waals surface area contributed by atoms with E-state index >= 15 is 0 Å². The van der Waals surface area contributed by atoms with Crippen LogP contribution in [0.1, 0.15) is 31.5 Å². The van der Waals surface area contributed by atoms with Crippen LogP contribution in [0.3, 0.4) is 0 Å². The highest BCUT2D eigenvalue weighted by Gasteiger charge is 2.20. The maximum atomic E-state index is 11.9. The van der Waals surface area contributed by atoms with E-state index in [1.165, 1.54) is 11.8 Å². The quantitative estimate of drug-likeness (QED) is 0.330. The maximum absolute atomic E-state index is 11.9. The summed E-state index contributed by atoms with van der Waals surface area (Å²) in [5.74, 6) is 0. The zero-order valence-corrected chi connectivity index (χ0v) is 25.0. The van der Waals surface area contributed by atoms with E-state index < -0.39 is 15.4 Å². The molecular formula is C32H40N4O3S. The highest BCUT2D eigenvalue weighted by Crippen LogP contribution is 2.32. The summed E-state index contributed by atoms with van der Waals surface area (Å²) in [5.41, 5.74) is 6.77. The number of hydrogen-bond acceptors (Lipinski definition) is 6. The van der Waals surface area contributed by atoms with Gasteiger partial charge < -0.3 is 14.6 Å². The van der Waals surface area contributed by atoms with E-state index in [4.69, 9.17) is 4.98 Å². The van der Waals surface area contributed by atoms with Crippen LogP contribution >= 0.6 is 0 Å². The van der Waals surface area contributed by atoms with Gasteiger partial charge in [0.05, 0.1) is 21.7 Å². The van der Waals surface area contributed by atoms with E-state index in [2.05, 4.69) is 50.8 Å². The van der Waals surface area contributed by atoms with E-state index in [-0.39, 0.29) is 0 Å². The molecule has 40 heavy (non-hydrogen) atoms. The standard InChI is InChI=1S/C32H40N4O3S/c1-23-28-20-30(26-10-12-27(13-11-26)40(5,38)39)34(4)31(28)21-29(33-23)25-8-6-24(7-9-25)22-36-18-16-35(17-19-36)15-14-32(2,3)37/h6-13,20-21,37H,14-19,22H2,1-5H3. The van der Waals surface area contributed by atoms with E-state index in [9.17, 15) is 13.5 Å². The van der Waals surface area contributed by atoms with Crippen LogP contribution in [-0.4, -0.2) is 77.5 Å². The molecular weight excluding hydrogens is 520 g/mol. The molecule has 0 bridgehead atoms. The van der Waals surface area contributed by atoms with E-state index in [1.54, 1.807) is 12.1 Å². The van der Waals surface area contributed by atoms with E-state index in [0.717, 1.165) is 84.8 Å². The lowest BCUT2D eigenvalue weighted by Gasteiger charge is -2.35. The first-order chi connectivity index (χ1) is 18.9. The van der Waals surface area contributed by atoms with Gasteiger partial charge in [-0.3, -0.25) is 9.88 Å². The van der Waals surface area contributed by atoms with Crippen LogP contribution < -0.4 is 0 Å². The third kappa shape index (κ3) is 6.47. The summed E-state index contributed by atoms with van der Waals surface area (Å²) in [7, 11) is -1.19. The first-order valence-electron chi connectivity index (χ1n) is 13.9. The molecule has 8 heteroatoms. The molecule has 7 nitrogen and oxygen atoms in total. The van der Waals surface area contributed by atoms with Gasteiger partial charge in [0.15, 0.2) is 9.84 Å². The highest BCUT2D eigenvalue weighted by molar-refractivity contribution is 7.90. The lowest BCUT2D eigenvalue weighted by molar-refractivity contribution is 0.0467. The van der Waals surface area contributed by atoms with E-state index in [0.29, 0.717) is 4.90 Å². The van der Waals surface area contributed by atoms with Crippen molar-refractivity contribution in [1.82, 2.24) is 19.4 Å². The third-order valence-electron chi connectivity index (χ3n) is 7.97. The van der Waals surface area contributed by atoms with Crippen LogP contribution in [0.4, 0.5) is 0 Å². The number of aryl methyl sites for hydroxylation is 2. The molecule has 0 radical (unpaired) electrons. The molecule has 0 spiro atoms. The van der Waals surface area contributed by atoms with Gasteiger partial charge in [-0.1, -0.05) is 36.4 Å². The van der Waals surface area contributed by atoms with Crippen molar-refractivity contribution in [2.45, 2.75) is 44.2 Å². The van der Waals surface area contributed by atoms with Crippen molar-refractivity contribution in [2.24, 2.45) is 7.05 Å². The van der Waals surface area contributed by atoms with Crippen LogP contribution in [0.15, 0.2) is 65.6 Å². The molecule has 0 atom stereocenters. The van der Waals surface area contributed by atoms with Gasteiger partial charge >= 0.3 is 0 Å². The van der Waals surface area contributed by atoms with Gasteiger partial charge in [0.2, 0.25) is 0 Å². The fraction of sp³-hybridized carbons (Fsp3) is 0.406. The number of aliphatic hydroxyl groups is 1. The van der Waals surface area contributed by atoms with Gasteiger partial charge in [0.25, 0.3) is 0 Å². The van der Waals surface area contributed by atoms with Crippen LogP contribution in [0, 0.1) is 6.92 Å². The largest absolute Gasteiger partial charge is 0.390 e. The Morgan fingerprint density at radius 2 is 1.50 bits per heavy atom. The Bertz CT molecular complexity index is 1590. The van der Waals surface area contributed by atoms with Gasteiger partial charge in [-0.2, -0.15) is 0 Å². The molecule has 1 saturated heterocycles. The minimum Gasteiger partial charge on any atom is -0.390 e. The molecule has 1 N–H and O–H groups in total. The average molecular weight is 561 g/mol. The highest BCUT2D eigenvalue weighted by atomic mass is 32.2.